The van der Waals surface area contributed by atoms with Crippen LogP contribution in [0.25, 0.3) is 83.9 Å². The minimum Gasteiger partial charge on any atom is -0.507 e. The van der Waals surface area contributed by atoms with Crippen LogP contribution < -0.4 is 0 Å². The molecule has 63 heavy (non-hydrogen) atoms. The van der Waals surface area contributed by atoms with E-state index in [2.05, 4.69) is 179 Å². The standard InChI is InChI=1S/C58H52N3O.Pt/c1-36(2)43-23-26-53(50(34-43)42-21-24-48(25-22-42)58(6,7)8)61-54-16-12-15-49(55(54)60-57(61)51-30-38(4)29-39(5)56(51)62)46-31-45(40-13-10-9-11-14-40)32-47(33-46)52-35-44(27-28-59-52)41-19-17-37(3)18-20-41;/h9-32,34-36,62H,1-8H3;/q-1;/i36D;. The number of nitrogens with zero attached hydrogens (tertiary/aromatic N) is 3. The largest absolute Gasteiger partial charge is 0.507 e. The van der Waals surface area contributed by atoms with Gasteiger partial charge in [0.2, 0.25) is 0 Å². The van der Waals surface area contributed by atoms with Crippen LogP contribution in [-0.2, 0) is 26.5 Å². The molecule has 9 aromatic rings. The topological polar surface area (TPSA) is 50.9 Å². The van der Waals surface area contributed by atoms with Crippen molar-refractivity contribution in [3.63, 3.8) is 0 Å². The number of hydrogen-bond acceptors (Lipinski definition) is 3. The summed E-state index contributed by atoms with van der Waals surface area (Å²) in [5, 5.41) is 11.9. The van der Waals surface area contributed by atoms with Crippen molar-refractivity contribution in [2.45, 2.75) is 66.7 Å². The number of aromatic hydroxyl groups is 1. The number of rotatable bonds is 8. The fourth-order valence-electron chi connectivity index (χ4n) is 8.45. The number of aryl methyl sites for hydroxylation is 3. The van der Waals surface area contributed by atoms with Crippen LogP contribution in [0.1, 0.15) is 69.7 Å². The van der Waals surface area contributed by atoms with E-state index in [9.17, 15) is 5.11 Å². The van der Waals surface area contributed by atoms with Gasteiger partial charge in [0.1, 0.15) is 11.6 Å². The first kappa shape index (κ1) is 42.0. The van der Waals surface area contributed by atoms with Crippen LogP contribution >= 0.6 is 0 Å². The molecule has 0 aliphatic carbocycles. The number of phenols is 1. The zero-order valence-electron chi connectivity index (χ0n) is 38.1. The molecule has 5 heteroatoms. The van der Waals surface area contributed by atoms with E-state index >= 15 is 0 Å². The molecule has 7 aromatic carbocycles. The molecule has 0 unspecified atom stereocenters. The molecule has 0 aliphatic rings. The van der Waals surface area contributed by atoms with Crippen molar-refractivity contribution in [3.8, 4) is 78.6 Å². The molecule has 2 aromatic heterocycles. The van der Waals surface area contributed by atoms with E-state index in [1.54, 1.807) is 0 Å². The number of phenolic OH excluding ortho intramolecular Hbond substituents is 1. The van der Waals surface area contributed by atoms with Gasteiger partial charge in [0.05, 0.1) is 22.3 Å². The van der Waals surface area contributed by atoms with E-state index in [-0.39, 0.29) is 32.2 Å². The third-order valence-electron chi connectivity index (χ3n) is 11.9. The summed E-state index contributed by atoms with van der Waals surface area (Å²) in [5.74, 6) is -0.0131. The van der Waals surface area contributed by atoms with Gasteiger partial charge in [0.15, 0.2) is 0 Å². The first-order chi connectivity index (χ1) is 30.1. The fraction of sp³-hybridized carbons (Fsp3) is 0.172. The molecular formula is C58H52N3OPt-. The van der Waals surface area contributed by atoms with Crippen LogP contribution in [0, 0.1) is 26.8 Å². The van der Waals surface area contributed by atoms with Crippen molar-refractivity contribution in [1.29, 1.82) is 0 Å². The first-order valence-electron chi connectivity index (χ1n) is 21.9. The number of benzene rings is 7. The van der Waals surface area contributed by atoms with Gasteiger partial charge >= 0.3 is 0 Å². The normalized spacial score (nSPS) is 12.0. The summed E-state index contributed by atoms with van der Waals surface area (Å²) < 4.78 is 11.3. The van der Waals surface area contributed by atoms with Crippen LogP contribution in [-0.4, -0.2) is 19.6 Å². The minimum absolute atomic E-state index is 0. The Balaban J connectivity index is 0.00000560. The quantitative estimate of drug-likeness (QED) is 0.154. The van der Waals surface area contributed by atoms with E-state index in [4.69, 9.17) is 11.3 Å². The maximum Gasteiger partial charge on any atom is 0.148 e. The van der Waals surface area contributed by atoms with Gasteiger partial charge in [-0.3, -0.25) is 9.55 Å². The molecule has 0 saturated carbocycles. The van der Waals surface area contributed by atoms with Crippen molar-refractivity contribution < 1.29 is 27.5 Å². The molecule has 0 aliphatic heterocycles. The summed E-state index contributed by atoms with van der Waals surface area (Å²) in [6.45, 7) is 16.6. The molecule has 0 atom stereocenters. The molecule has 0 spiro atoms. The average Bonchev–Trinajstić information content (AvgIpc) is 3.67. The predicted octanol–water partition coefficient (Wildman–Crippen LogP) is 15.3. The van der Waals surface area contributed by atoms with Gasteiger partial charge in [0, 0.05) is 39.9 Å². The van der Waals surface area contributed by atoms with Gasteiger partial charge in [-0.2, -0.15) is 0 Å². The monoisotopic (exact) mass is 1000 g/mol. The second kappa shape index (κ2) is 17.4. The van der Waals surface area contributed by atoms with E-state index in [0.29, 0.717) is 11.4 Å². The van der Waals surface area contributed by atoms with Crippen molar-refractivity contribution in [1.82, 2.24) is 14.5 Å². The first-order valence-corrected chi connectivity index (χ1v) is 21.4. The molecule has 4 nitrogen and oxygen atoms in total. The Labute approximate surface area is 388 Å². The van der Waals surface area contributed by atoms with Gasteiger partial charge in [-0.05, 0) is 107 Å². The molecule has 316 valence electrons. The van der Waals surface area contributed by atoms with Gasteiger partial charge in [0.25, 0.3) is 0 Å². The van der Waals surface area contributed by atoms with E-state index < -0.39 is 5.89 Å². The fourth-order valence-corrected chi connectivity index (χ4v) is 8.45. The average molecular weight is 1000 g/mol. The van der Waals surface area contributed by atoms with Crippen LogP contribution in [0.2, 0.25) is 0 Å². The molecule has 1 N–H and O–H groups in total. The van der Waals surface area contributed by atoms with E-state index in [1.807, 2.05) is 45.2 Å². The maximum atomic E-state index is 11.9. The predicted molar refractivity (Wildman–Crippen MR) is 259 cm³/mol. The summed E-state index contributed by atoms with van der Waals surface area (Å²) in [6, 6.07) is 56.8. The summed E-state index contributed by atoms with van der Waals surface area (Å²) in [6.07, 6.45) is 1.87. The number of para-hydroxylation sites is 1. The molecule has 2 heterocycles. The summed E-state index contributed by atoms with van der Waals surface area (Å²) in [5.41, 5.74) is 18.2. The molecule has 0 bridgehead atoms. The molecule has 0 radical (unpaired) electrons. The molecule has 9 rings (SSSR count). The molecular weight excluding hydrogens is 950 g/mol. The Morgan fingerprint density at radius 2 is 1.32 bits per heavy atom. The Hall–Kier alpha value is -6.35. The van der Waals surface area contributed by atoms with Crippen molar-refractivity contribution in [2.75, 3.05) is 0 Å². The maximum absolute atomic E-state index is 11.9. The van der Waals surface area contributed by atoms with Gasteiger partial charge in [-0.15, -0.1) is 23.8 Å². The number of fused-ring (bicyclic) bond motifs is 1. The Bertz CT molecular complexity index is 3160. The SMILES string of the molecule is [2H]C(C)(C)c1ccc(-n2c(-c3cc(C)cc(C)c3O)nc3c(-c4[c-]c(-c5cc(-c6ccc(C)cc6)ccn5)cc(-c5ccccc5)c4)cccc32)c(-c2ccc(C(C)(C)C)cc2)c1.[Pt]. The Morgan fingerprint density at radius 3 is 2.03 bits per heavy atom. The Kier molecular flexibility index (Phi) is 11.6. The van der Waals surface area contributed by atoms with Crippen molar-refractivity contribution >= 4 is 11.0 Å². The van der Waals surface area contributed by atoms with Crippen LogP contribution in [0.3, 0.4) is 0 Å². The van der Waals surface area contributed by atoms with Crippen molar-refractivity contribution in [2.24, 2.45) is 0 Å². The summed E-state index contributed by atoms with van der Waals surface area (Å²) >= 11 is 0. The molecule has 0 saturated heterocycles. The van der Waals surface area contributed by atoms with Crippen LogP contribution in [0.15, 0.2) is 158 Å². The third kappa shape index (κ3) is 8.58. The zero-order chi connectivity index (χ0) is 44.2. The number of aromatic nitrogens is 3. The Morgan fingerprint density at radius 1 is 0.619 bits per heavy atom. The van der Waals surface area contributed by atoms with E-state index in [1.165, 1.54) is 11.1 Å². The van der Waals surface area contributed by atoms with Gasteiger partial charge in [-0.25, -0.2) is 4.98 Å². The summed E-state index contributed by atoms with van der Waals surface area (Å²) in [4.78, 5) is 10.4. The van der Waals surface area contributed by atoms with Crippen LogP contribution in [0.5, 0.6) is 5.75 Å². The summed E-state index contributed by atoms with van der Waals surface area (Å²) in [7, 11) is 0. The number of hydrogen-bond donors (Lipinski definition) is 1. The third-order valence-corrected chi connectivity index (χ3v) is 11.9. The van der Waals surface area contributed by atoms with Crippen LogP contribution in [0.4, 0.5) is 0 Å². The van der Waals surface area contributed by atoms with Gasteiger partial charge in [-0.1, -0.05) is 166 Å². The van der Waals surface area contributed by atoms with E-state index in [0.717, 1.165) is 89.2 Å². The van der Waals surface area contributed by atoms with Crippen molar-refractivity contribution in [3.05, 3.63) is 192 Å². The molecule has 0 amide bonds. The number of imidazole rings is 1. The minimum atomic E-state index is -0.830. The molecule has 0 fully saturated rings. The van der Waals surface area contributed by atoms with Gasteiger partial charge < -0.3 is 5.11 Å². The smallest absolute Gasteiger partial charge is 0.148 e. The number of pyridine rings is 1. The second-order valence-electron chi connectivity index (χ2n) is 17.8. The zero-order valence-corrected chi connectivity index (χ0v) is 39.4. The second-order valence-corrected chi connectivity index (χ2v) is 17.8.